The summed E-state index contributed by atoms with van der Waals surface area (Å²) in [6.45, 7) is 4.61. The molecule has 0 aromatic heterocycles. The Hall–Kier alpha value is -1.60. The SMILES string of the molecule is C[C@@H]1CN(C(=O)CCOc2ccc(S(C)(=O)=O)cc2)CCN1. The van der Waals surface area contributed by atoms with Crippen molar-refractivity contribution < 1.29 is 17.9 Å². The van der Waals surface area contributed by atoms with Crippen molar-refractivity contribution in [1.82, 2.24) is 10.2 Å². The summed E-state index contributed by atoms with van der Waals surface area (Å²) in [5.74, 6) is 0.648. The van der Waals surface area contributed by atoms with Gasteiger partial charge in [0.05, 0.1) is 17.9 Å². The molecule has 1 saturated heterocycles. The first-order chi connectivity index (χ1) is 10.4. The smallest absolute Gasteiger partial charge is 0.226 e. The normalized spacial score (nSPS) is 19.0. The lowest BCUT2D eigenvalue weighted by atomic mass is 10.2. The number of benzene rings is 1. The molecule has 0 bridgehead atoms. The lowest BCUT2D eigenvalue weighted by Gasteiger charge is -2.31. The molecule has 0 spiro atoms. The molecule has 0 aliphatic carbocycles. The highest BCUT2D eigenvalue weighted by molar-refractivity contribution is 7.90. The van der Waals surface area contributed by atoms with Crippen molar-refractivity contribution in [3.63, 3.8) is 0 Å². The third kappa shape index (κ3) is 4.71. The van der Waals surface area contributed by atoms with Crippen molar-refractivity contribution in [2.45, 2.75) is 24.3 Å². The van der Waals surface area contributed by atoms with Gasteiger partial charge in [-0.25, -0.2) is 8.42 Å². The number of hydrogen-bond acceptors (Lipinski definition) is 5. The standard InChI is InChI=1S/C15H22N2O4S/c1-12-11-17(9-8-16-12)15(18)7-10-21-13-3-5-14(6-4-13)22(2,19)20/h3-6,12,16H,7-11H2,1-2H3/t12-/m1/s1. The van der Waals surface area contributed by atoms with Gasteiger partial charge >= 0.3 is 0 Å². The molecule has 0 radical (unpaired) electrons. The van der Waals surface area contributed by atoms with E-state index in [1.54, 1.807) is 12.1 Å². The maximum atomic E-state index is 12.1. The van der Waals surface area contributed by atoms with Crippen molar-refractivity contribution in [1.29, 1.82) is 0 Å². The van der Waals surface area contributed by atoms with Gasteiger partial charge in [-0.3, -0.25) is 4.79 Å². The van der Waals surface area contributed by atoms with Crippen LogP contribution in [0.2, 0.25) is 0 Å². The molecule has 1 aromatic carbocycles. The van der Waals surface area contributed by atoms with Crippen molar-refractivity contribution in [3.05, 3.63) is 24.3 Å². The van der Waals surface area contributed by atoms with Gasteiger partial charge in [-0.05, 0) is 31.2 Å². The summed E-state index contributed by atoms with van der Waals surface area (Å²) < 4.78 is 28.2. The number of amides is 1. The van der Waals surface area contributed by atoms with Gasteiger partial charge < -0.3 is 15.0 Å². The molecule has 0 saturated carbocycles. The summed E-state index contributed by atoms with van der Waals surface area (Å²) in [6, 6.07) is 6.54. The third-order valence-corrected chi connectivity index (χ3v) is 4.69. The van der Waals surface area contributed by atoms with Gasteiger partial charge in [0.25, 0.3) is 0 Å². The summed E-state index contributed by atoms with van der Waals surface area (Å²) in [5.41, 5.74) is 0. The number of nitrogens with one attached hydrogen (secondary N) is 1. The number of sulfone groups is 1. The van der Waals surface area contributed by atoms with E-state index >= 15 is 0 Å². The van der Waals surface area contributed by atoms with Crippen LogP contribution in [0.3, 0.4) is 0 Å². The van der Waals surface area contributed by atoms with Crippen molar-refractivity contribution in [2.24, 2.45) is 0 Å². The fourth-order valence-electron chi connectivity index (χ4n) is 2.36. The molecular formula is C15H22N2O4S. The quantitative estimate of drug-likeness (QED) is 0.861. The molecule has 1 aliphatic rings. The van der Waals surface area contributed by atoms with E-state index in [4.69, 9.17) is 4.74 Å². The fourth-order valence-corrected chi connectivity index (χ4v) is 2.99. The molecule has 1 aromatic rings. The van der Waals surface area contributed by atoms with E-state index < -0.39 is 9.84 Å². The number of nitrogens with zero attached hydrogens (tertiary/aromatic N) is 1. The van der Waals surface area contributed by atoms with E-state index in [-0.39, 0.29) is 17.4 Å². The van der Waals surface area contributed by atoms with E-state index in [1.807, 2.05) is 4.90 Å². The van der Waals surface area contributed by atoms with Crippen LogP contribution < -0.4 is 10.1 Å². The molecule has 1 fully saturated rings. The van der Waals surface area contributed by atoms with Crippen molar-refractivity contribution >= 4 is 15.7 Å². The molecule has 0 unspecified atom stereocenters. The third-order valence-electron chi connectivity index (χ3n) is 3.56. The molecule has 1 amide bonds. The van der Waals surface area contributed by atoms with Crippen molar-refractivity contribution in [2.75, 3.05) is 32.5 Å². The predicted molar refractivity (Wildman–Crippen MR) is 83.7 cm³/mol. The Bertz CT molecular complexity index is 613. The van der Waals surface area contributed by atoms with Crippen LogP contribution in [0.5, 0.6) is 5.75 Å². The zero-order valence-corrected chi connectivity index (χ0v) is 13.7. The van der Waals surface area contributed by atoms with Crippen LogP contribution in [-0.2, 0) is 14.6 Å². The van der Waals surface area contributed by atoms with Gasteiger partial charge in [-0.15, -0.1) is 0 Å². The van der Waals surface area contributed by atoms with E-state index in [1.165, 1.54) is 12.1 Å². The average Bonchev–Trinajstić information content (AvgIpc) is 2.47. The van der Waals surface area contributed by atoms with Crippen LogP contribution in [-0.4, -0.2) is 57.8 Å². The van der Waals surface area contributed by atoms with E-state index in [2.05, 4.69) is 12.2 Å². The summed E-state index contributed by atoms with van der Waals surface area (Å²) >= 11 is 0. The van der Waals surface area contributed by atoms with Gasteiger partial charge in [0.1, 0.15) is 5.75 Å². The number of ether oxygens (including phenoxy) is 1. The Labute approximate surface area is 131 Å². The topological polar surface area (TPSA) is 75.7 Å². The lowest BCUT2D eigenvalue weighted by Crippen LogP contribution is -2.51. The van der Waals surface area contributed by atoms with Gasteiger partial charge in [0.15, 0.2) is 9.84 Å². The number of piperazine rings is 1. The minimum absolute atomic E-state index is 0.0844. The summed E-state index contributed by atoms with van der Waals surface area (Å²) in [7, 11) is -3.20. The summed E-state index contributed by atoms with van der Waals surface area (Å²) in [5, 5.41) is 3.29. The van der Waals surface area contributed by atoms with Crippen LogP contribution in [0, 0.1) is 0 Å². The lowest BCUT2D eigenvalue weighted by molar-refractivity contribution is -0.132. The van der Waals surface area contributed by atoms with Gasteiger partial charge in [0.2, 0.25) is 5.91 Å². The zero-order valence-electron chi connectivity index (χ0n) is 12.9. The van der Waals surface area contributed by atoms with Crippen molar-refractivity contribution in [3.8, 4) is 5.75 Å². The van der Waals surface area contributed by atoms with E-state index in [0.29, 0.717) is 18.2 Å². The van der Waals surface area contributed by atoms with E-state index in [9.17, 15) is 13.2 Å². The first-order valence-electron chi connectivity index (χ1n) is 7.30. The maximum absolute atomic E-state index is 12.1. The second-order valence-corrected chi connectivity index (χ2v) is 7.55. The molecule has 1 atom stereocenters. The second kappa shape index (κ2) is 7.11. The predicted octanol–water partition coefficient (Wildman–Crippen LogP) is 0.679. The molecule has 1 heterocycles. The Morgan fingerprint density at radius 3 is 2.64 bits per heavy atom. The molecule has 1 aliphatic heterocycles. The molecular weight excluding hydrogens is 304 g/mol. The van der Waals surface area contributed by atoms with E-state index in [0.717, 1.165) is 25.9 Å². The molecule has 6 nitrogen and oxygen atoms in total. The largest absolute Gasteiger partial charge is 0.493 e. The molecule has 1 N–H and O–H groups in total. The highest BCUT2D eigenvalue weighted by Crippen LogP contribution is 2.16. The number of hydrogen-bond donors (Lipinski definition) is 1. The van der Waals surface area contributed by atoms with Gasteiger partial charge in [0, 0.05) is 31.9 Å². The van der Waals surface area contributed by atoms with Crippen LogP contribution in [0.25, 0.3) is 0 Å². The minimum atomic E-state index is -3.20. The Morgan fingerprint density at radius 2 is 2.05 bits per heavy atom. The highest BCUT2D eigenvalue weighted by Gasteiger charge is 2.20. The fraction of sp³-hybridized carbons (Fsp3) is 0.533. The van der Waals surface area contributed by atoms with Gasteiger partial charge in [-0.2, -0.15) is 0 Å². The molecule has 2 rings (SSSR count). The van der Waals surface area contributed by atoms with Crippen LogP contribution >= 0.6 is 0 Å². The molecule has 7 heteroatoms. The number of rotatable bonds is 5. The number of carbonyl (C=O) groups is 1. The second-order valence-electron chi connectivity index (χ2n) is 5.54. The summed E-state index contributed by atoms with van der Waals surface area (Å²) in [4.78, 5) is 14.2. The Morgan fingerprint density at radius 1 is 1.36 bits per heavy atom. The van der Waals surface area contributed by atoms with Gasteiger partial charge in [-0.1, -0.05) is 0 Å². The van der Waals surface area contributed by atoms with Crippen LogP contribution in [0.15, 0.2) is 29.2 Å². The minimum Gasteiger partial charge on any atom is -0.493 e. The average molecular weight is 326 g/mol. The molecule has 22 heavy (non-hydrogen) atoms. The first kappa shape index (κ1) is 16.8. The first-order valence-corrected chi connectivity index (χ1v) is 9.19. The molecule has 122 valence electrons. The number of carbonyl (C=O) groups excluding carboxylic acids is 1. The van der Waals surface area contributed by atoms with Crippen LogP contribution in [0.1, 0.15) is 13.3 Å². The Kier molecular flexibility index (Phi) is 5.42. The monoisotopic (exact) mass is 326 g/mol. The summed E-state index contributed by atoms with van der Waals surface area (Å²) in [6.07, 6.45) is 1.48. The zero-order chi connectivity index (χ0) is 16.2. The Balaban J connectivity index is 1.80. The van der Waals surface area contributed by atoms with Crippen LogP contribution in [0.4, 0.5) is 0 Å². The highest BCUT2D eigenvalue weighted by atomic mass is 32.2. The maximum Gasteiger partial charge on any atom is 0.226 e.